The molecule has 0 unspecified atom stereocenters. The Bertz CT molecular complexity index is 260. The lowest BCUT2D eigenvalue weighted by Crippen LogP contribution is -1.76. The van der Waals surface area contributed by atoms with E-state index in [9.17, 15) is 4.79 Å². The molecule has 0 heterocycles. The van der Waals surface area contributed by atoms with Crippen LogP contribution in [-0.2, 0) is 4.79 Å². The number of hydrogen-bond donors (Lipinski definition) is 0. The Kier molecular flexibility index (Phi) is 6.52. The molecule has 1 nitrogen and oxygen atoms in total. The number of benzene rings is 1. The molecule has 0 N–H and O–H groups in total. The summed E-state index contributed by atoms with van der Waals surface area (Å²) in [7, 11) is 0. The standard InChI is InChI=1S/C10H10O.C2H6/c1-9(8-11)7-10-5-3-2-4-6-10;1-2/h2-8H,1H3;1-2H3/b9-7+;. The van der Waals surface area contributed by atoms with Crippen molar-refractivity contribution in [2.75, 3.05) is 0 Å². The first-order valence-electron chi connectivity index (χ1n) is 4.51. The van der Waals surface area contributed by atoms with E-state index in [2.05, 4.69) is 0 Å². The molecule has 0 aliphatic carbocycles. The minimum atomic E-state index is 0.746. The van der Waals surface area contributed by atoms with Crippen molar-refractivity contribution in [1.82, 2.24) is 0 Å². The van der Waals surface area contributed by atoms with Crippen LogP contribution < -0.4 is 0 Å². The fourth-order valence-corrected chi connectivity index (χ4v) is 0.846. The smallest absolute Gasteiger partial charge is 0.145 e. The van der Waals surface area contributed by atoms with Gasteiger partial charge in [0, 0.05) is 0 Å². The quantitative estimate of drug-likeness (QED) is 0.499. The molecule has 0 aromatic heterocycles. The van der Waals surface area contributed by atoms with Crippen LogP contribution in [0.25, 0.3) is 6.08 Å². The summed E-state index contributed by atoms with van der Waals surface area (Å²) in [5.41, 5.74) is 1.81. The maximum atomic E-state index is 10.2. The van der Waals surface area contributed by atoms with Gasteiger partial charge in [0.1, 0.15) is 6.29 Å². The van der Waals surface area contributed by atoms with Crippen LogP contribution in [0, 0.1) is 0 Å². The normalized spacial score (nSPS) is 9.92. The van der Waals surface area contributed by atoms with Crippen LogP contribution in [-0.4, -0.2) is 6.29 Å². The summed E-state index contributed by atoms with van der Waals surface area (Å²) in [4.78, 5) is 10.2. The van der Waals surface area contributed by atoms with E-state index < -0.39 is 0 Å². The summed E-state index contributed by atoms with van der Waals surface area (Å²) in [6.45, 7) is 5.79. The van der Waals surface area contributed by atoms with Gasteiger partial charge in [0.2, 0.25) is 0 Å². The number of carbonyl (C=O) groups is 1. The molecule has 0 saturated heterocycles. The third-order valence-electron chi connectivity index (χ3n) is 1.38. The van der Waals surface area contributed by atoms with Gasteiger partial charge in [-0.15, -0.1) is 0 Å². The average Bonchev–Trinajstić information content (AvgIpc) is 2.22. The summed E-state index contributed by atoms with van der Waals surface area (Å²) < 4.78 is 0. The van der Waals surface area contributed by atoms with Crippen LogP contribution in [0.15, 0.2) is 35.9 Å². The first-order valence-corrected chi connectivity index (χ1v) is 4.51. The topological polar surface area (TPSA) is 17.1 Å². The SMILES string of the molecule is C/C(C=O)=C\c1ccccc1.CC. The number of carbonyl (C=O) groups excluding carboxylic acids is 1. The van der Waals surface area contributed by atoms with Gasteiger partial charge in [-0.2, -0.15) is 0 Å². The number of allylic oxidation sites excluding steroid dienone is 1. The summed E-state index contributed by atoms with van der Waals surface area (Å²) >= 11 is 0. The molecule has 13 heavy (non-hydrogen) atoms. The molecule has 1 rings (SSSR count). The van der Waals surface area contributed by atoms with E-state index >= 15 is 0 Å². The molecule has 0 saturated carbocycles. The largest absolute Gasteiger partial charge is 0.298 e. The Labute approximate surface area is 80.1 Å². The molecule has 70 valence electrons. The van der Waals surface area contributed by atoms with Gasteiger partial charge in [-0.3, -0.25) is 4.79 Å². The molecule has 0 amide bonds. The first-order chi connectivity index (χ1) is 6.33. The predicted molar refractivity (Wildman–Crippen MR) is 57.5 cm³/mol. The molecule has 0 atom stereocenters. The molecule has 0 radical (unpaired) electrons. The van der Waals surface area contributed by atoms with E-state index in [-0.39, 0.29) is 0 Å². The Balaban J connectivity index is 0.000000671. The summed E-state index contributed by atoms with van der Waals surface area (Å²) in [5.74, 6) is 0. The Morgan fingerprint density at radius 2 is 1.69 bits per heavy atom. The van der Waals surface area contributed by atoms with Crippen LogP contribution in [0.3, 0.4) is 0 Å². The van der Waals surface area contributed by atoms with Crippen LogP contribution >= 0.6 is 0 Å². The van der Waals surface area contributed by atoms with Gasteiger partial charge in [0.15, 0.2) is 0 Å². The summed E-state index contributed by atoms with van der Waals surface area (Å²) in [5, 5.41) is 0. The molecular formula is C12H16O. The lowest BCUT2D eigenvalue weighted by molar-refractivity contribution is -0.104. The Hall–Kier alpha value is -1.37. The van der Waals surface area contributed by atoms with Crippen molar-refractivity contribution in [3.8, 4) is 0 Å². The number of hydrogen-bond acceptors (Lipinski definition) is 1. The van der Waals surface area contributed by atoms with Gasteiger partial charge in [0.05, 0.1) is 0 Å². The fourth-order valence-electron chi connectivity index (χ4n) is 0.846. The van der Waals surface area contributed by atoms with Crippen LogP contribution in [0.4, 0.5) is 0 Å². The zero-order valence-electron chi connectivity index (χ0n) is 8.45. The highest BCUT2D eigenvalue weighted by atomic mass is 16.1. The van der Waals surface area contributed by atoms with Gasteiger partial charge in [-0.05, 0) is 24.1 Å². The maximum Gasteiger partial charge on any atom is 0.145 e. The molecular weight excluding hydrogens is 160 g/mol. The second kappa shape index (κ2) is 7.29. The van der Waals surface area contributed by atoms with E-state index in [4.69, 9.17) is 0 Å². The highest BCUT2D eigenvalue weighted by Crippen LogP contribution is 2.03. The van der Waals surface area contributed by atoms with Crippen molar-refractivity contribution in [3.63, 3.8) is 0 Å². The summed E-state index contributed by atoms with van der Waals surface area (Å²) in [6.07, 6.45) is 2.71. The molecule has 0 fully saturated rings. The monoisotopic (exact) mass is 176 g/mol. The lowest BCUT2D eigenvalue weighted by Gasteiger charge is -1.90. The maximum absolute atomic E-state index is 10.2. The number of rotatable bonds is 2. The Morgan fingerprint density at radius 1 is 1.15 bits per heavy atom. The van der Waals surface area contributed by atoms with Gasteiger partial charge >= 0.3 is 0 Å². The van der Waals surface area contributed by atoms with Gasteiger partial charge in [-0.25, -0.2) is 0 Å². The molecule has 0 aliphatic rings. The fraction of sp³-hybridized carbons (Fsp3) is 0.250. The second-order valence-electron chi connectivity index (χ2n) is 2.42. The van der Waals surface area contributed by atoms with E-state index in [0.717, 1.165) is 17.4 Å². The molecule has 1 heteroatoms. The minimum Gasteiger partial charge on any atom is -0.298 e. The predicted octanol–water partition coefficient (Wildman–Crippen LogP) is 3.32. The zero-order chi connectivity index (χ0) is 10.1. The van der Waals surface area contributed by atoms with E-state index in [1.807, 2.05) is 50.3 Å². The minimum absolute atomic E-state index is 0.746. The molecule has 1 aromatic carbocycles. The van der Waals surface area contributed by atoms with Crippen molar-refractivity contribution < 1.29 is 4.79 Å². The third kappa shape index (κ3) is 4.96. The van der Waals surface area contributed by atoms with Crippen molar-refractivity contribution in [1.29, 1.82) is 0 Å². The molecule has 0 aliphatic heterocycles. The highest BCUT2D eigenvalue weighted by Gasteiger charge is 1.85. The van der Waals surface area contributed by atoms with Crippen LogP contribution in [0.2, 0.25) is 0 Å². The van der Waals surface area contributed by atoms with E-state index in [0.29, 0.717) is 0 Å². The van der Waals surface area contributed by atoms with Gasteiger partial charge in [0.25, 0.3) is 0 Å². The molecule has 1 aromatic rings. The Morgan fingerprint density at radius 3 is 2.15 bits per heavy atom. The van der Waals surface area contributed by atoms with E-state index in [1.54, 1.807) is 6.92 Å². The molecule has 0 bridgehead atoms. The zero-order valence-corrected chi connectivity index (χ0v) is 8.45. The molecule has 0 spiro atoms. The van der Waals surface area contributed by atoms with E-state index in [1.165, 1.54) is 0 Å². The number of aldehydes is 1. The highest BCUT2D eigenvalue weighted by molar-refractivity contribution is 5.80. The van der Waals surface area contributed by atoms with Crippen molar-refractivity contribution in [2.24, 2.45) is 0 Å². The lowest BCUT2D eigenvalue weighted by atomic mass is 10.1. The van der Waals surface area contributed by atoms with Gasteiger partial charge in [-0.1, -0.05) is 44.2 Å². The van der Waals surface area contributed by atoms with Crippen molar-refractivity contribution >= 4 is 12.4 Å². The third-order valence-corrected chi connectivity index (χ3v) is 1.38. The van der Waals surface area contributed by atoms with Crippen LogP contribution in [0.5, 0.6) is 0 Å². The van der Waals surface area contributed by atoms with Crippen molar-refractivity contribution in [2.45, 2.75) is 20.8 Å². The van der Waals surface area contributed by atoms with Crippen LogP contribution in [0.1, 0.15) is 26.3 Å². The van der Waals surface area contributed by atoms with Gasteiger partial charge < -0.3 is 0 Å². The average molecular weight is 176 g/mol. The first kappa shape index (κ1) is 11.6. The second-order valence-corrected chi connectivity index (χ2v) is 2.42. The van der Waals surface area contributed by atoms with Crippen molar-refractivity contribution in [3.05, 3.63) is 41.5 Å². The summed E-state index contributed by atoms with van der Waals surface area (Å²) in [6, 6.07) is 9.78.